The van der Waals surface area contributed by atoms with Crippen LogP contribution in [-0.4, -0.2) is 42.3 Å². The number of hydrogen-bond donors (Lipinski definition) is 3. The Morgan fingerprint density at radius 3 is 2.30 bits per heavy atom. The molecule has 33 heavy (non-hydrogen) atoms. The number of alkyl carbamates (subject to hydrolysis) is 1. The quantitative estimate of drug-likeness (QED) is 0.503. The second-order valence-electron chi connectivity index (χ2n) is 8.43. The normalized spacial score (nSPS) is 15.2. The molecule has 4 rings (SSSR count). The number of ether oxygens (including phenoxy) is 1. The second-order valence-corrected chi connectivity index (χ2v) is 8.43. The van der Waals surface area contributed by atoms with E-state index in [0.29, 0.717) is 6.54 Å². The first kappa shape index (κ1) is 22.6. The first-order valence-electron chi connectivity index (χ1n) is 11.3. The average molecular weight is 449 g/mol. The summed E-state index contributed by atoms with van der Waals surface area (Å²) in [5, 5.41) is 14.4. The third-order valence-corrected chi connectivity index (χ3v) is 6.22. The third kappa shape index (κ3) is 5.42. The van der Waals surface area contributed by atoms with Crippen LogP contribution in [-0.2, 0) is 14.3 Å². The Bertz CT molecular complexity index is 1030. The van der Waals surface area contributed by atoms with Crippen molar-refractivity contribution in [2.24, 2.45) is 0 Å². The van der Waals surface area contributed by atoms with Gasteiger partial charge in [-0.05, 0) is 47.9 Å². The van der Waals surface area contributed by atoms with Crippen molar-refractivity contribution in [2.45, 2.75) is 44.1 Å². The summed E-state index contributed by atoms with van der Waals surface area (Å²) in [5.74, 6) is -1.53. The molecule has 0 aromatic heterocycles. The predicted molar refractivity (Wildman–Crippen MR) is 124 cm³/mol. The summed E-state index contributed by atoms with van der Waals surface area (Å²) in [6.07, 6.45) is 4.15. The Hall–Kier alpha value is -3.61. The van der Waals surface area contributed by atoms with Gasteiger partial charge in [0.25, 0.3) is 0 Å². The highest BCUT2D eigenvalue weighted by molar-refractivity contribution is 5.86. The number of nitrogens with one attached hydrogen (secondary N) is 2. The zero-order chi connectivity index (χ0) is 23.2. The molecule has 7 heteroatoms. The molecule has 2 aliphatic rings. The maximum atomic E-state index is 12.6. The van der Waals surface area contributed by atoms with E-state index in [2.05, 4.69) is 28.8 Å². The van der Waals surface area contributed by atoms with Gasteiger partial charge in [0.05, 0.1) is 0 Å². The van der Waals surface area contributed by atoms with Crippen molar-refractivity contribution >= 4 is 18.0 Å². The van der Waals surface area contributed by atoms with Crippen LogP contribution in [0.1, 0.15) is 49.1 Å². The Kier molecular flexibility index (Phi) is 7.07. The summed E-state index contributed by atoms with van der Waals surface area (Å²) < 4.78 is 5.52. The summed E-state index contributed by atoms with van der Waals surface area (Å²) in [7, 11) is 0. The molecule has 1 unspecified atom stereocenters. The van der Waals surface area contributed by atoms with Gasteiger partial charge < -0.3 is 20.5 Å². The molecule has 0 fully saturated rings. The molecule has 2 amide bonds. The van der Waals surface area contributed by atoms with Gasteiger partial charge in [0.15, 0.2) is 0 Å². The molecule has 0 saturated carbocycles. The molecule has 2 aromatic rings. The van der Waals surface area contributed by atoms with Crippen LogP contribution in [0.25, 0.3) is 11.1 Å². The number of amides is 2. The standard InChI is InChI=1S/C26H28N2O5/c29-24(30)14-13-23(25(31)27-15-17-7-1-2-8-17)28-26(32)33-16-22-20-11-5-3-9-18(20)19-10-4-6-12-21(19)22/h3-7,9-12,22-23H,1-2,8,13-16H2,(H,27,31)(H,28,32)(H,29,30). The maximum Gasteiger partial charge on any atom is 0.407 e. The third-order valence-electron chi connectivity index (χ3n) is 6.22. The monoisotopic (exact) mass is 448 g/mol. The topological polar surface area (TPSA) is 105 Å². The number of benzene rings is 2. The van der Waals surface area contributed by atoms with E-state index < -0.39 is 24.0 Å². The zero-order valence-electron chi connectivity index (χ0n) is 18.4. The predicted octanol–water partition coefficient (Wildman–Crippen LogP) is 3.99. The number of carboxylic acids is 1. The number of aliphatic carboxylic acids is 1. The van der Waals surface area contributed by atoms with E-state index in [9.17, 15) is 14.4 Å². The Labute approximate surface area is 192 Å². The molecular weight excluding hydrogens is 420 g/mol. The van der Waals surface area contributed by atoms with E-state index >= 15 is 0 Å². The molecule has 7 nitrogen and oxygen atoms in total. The van der Waals surface area contributed by atoms with Gasteiger partial charge >= 0.3 is 12.1 Å². The Morgan fingerprint density at radius 2 is 1.70 bits per heavy atom. The minimum atomic E-state index is -1.03. The molecule has 0 saturated heterocycles. The van der Waals surface area contributed by atoms with Gasteiger partial charge in [-0.3, -0.25) is 9.59 Å². The lowest BCUT2D eigenvalue weighted by atomic mass is 9.98. The maximum absolute atomic E-state index is 12.6. The fraction of sp³-hybridized carbons (Fsp3) is 0.346. The minimum Gasteiger partial charge on any atom is -0.481 e. The summed E-state index contributed by atoms with van der Waals surface area (Å²) in [6.45, 7) is 0.536. The van der Waals surface area contributed by atoms with Gasteiger partial charge in [-0.15, -0.1) is 0 Å². The number of carbonyl (C=O) groups is 3. The van der Waals surface area contributed by atoms with Crippen LogP contribution >= 0.6 is 0 Å². The second kappa shape index (κ2) is 10.3. The molecule has 2 aliphatic carbocycles. The number of allylic oxidation sites excluding steroid dienone is 1. The highest BCUT2D eigenvalue weighted by Crippen LogP contribution is 2.44. The molecule has 1 atom stereocenters. The highest BCUT2D eigenvalue weighted by Gasteiger charge is 2.30. The number of fused-ring (bicyclic) bond motifs is 3. The van der Waals surface area contributed by atoms with E-state index in [1.165, 1.54) is 0 Å². The van der Waals surface area contributed by atoms with Gasteiger partial charge in [-0.1, -0.05) is 60.2 Å². The van der Waals surface area contributed by atoms with Crippen molar-refractivity contribution < 1.29 is 24.2 Å². The molecule has 0 radical (unpaired) electrons. The van der Waals surface area contributed by atoms with Gasteiger partial charge in [-0.25, -0.2) is 4.79 Å². The highest BCUT2D eigenvalue weighted by atomic mass is 16.5. The molecule has 3 N–H and O–H groups in total. The van der Waals surface area contributed by atoms with Crippen LogP contribution in [0.5, 0.6) is 0 Å². The summed E-state index contributed by atoms with van der Waals surface area (Å²) in [6, 6.07) is 15.1. The van der Waals surface area contributed by atoms with Crippen LogP contribution in [0.4, 0.5) is 4.79 Å². The lowest BCUT2D eigenvalue weighted by Crippen LogP contribution is -2.47. The Morgan fingerprint density at radius 1 is 1.03 bits per heavy atom. The van der Waals surface area contributed by atoms with E-state index in [1.54, 1.807) is 0 Å². The molecule has 0 aliphatic heterocycles. The molecule has 0 bridgehead atoms. The molecule has 0 spiro atoms. The number of hydrogen-bond acceptors (Lipinski definition) is 4. The average Bonchev–Trinajstić information content (AvgIpc) is 3.45. The number of carbonyl (C=O) groups excluding carboxylic acids is 2. The van der Waals surface area contributed by atoms with Crippen molar-refractivity contribution in [1.29, 1.82) is 0 Å². The largest absolute Gasteiger partial charge is 0.481 e. The molecular formula is C26H28N2O5. The summed E-state index contributed by atoms with van der Waals surface area (Å²) in [4.78, 5) is 36.2. The lowest BCUT2D eigenvalue weighted by molar-refractivity contribution is -0.137. The number of carboxylic acid groups (broad SMARTS) is 1. The van der Waals surface area contributed by atoms with Crippen LogP contribution in [0.2, 0.25) is 0 Å². The molecule has 2 aromatic carbocycles. The van der Waals surface area contributed by atoms with Crippen LogP contribution < -0.4 is 10.6 Å². The SMILES string of the molecule is O=C(O)CCC(NC(=O)OCC1c2ccccc2-c2ccccc21)C(=O)NCC1=CCCC1. The number of rotatable bonds is 9. The van der Waals surface area contributed by atoms with Crippen molar-refractivity contribution in [1.82, 2.24) is 10.6 Å². The summed E-state index contributed by atoms with van der Waals surface area (Å²) in [5.41, 5.74) is 5.60. The van der Waals surface area contributed by atoms with Gasteiger partial charge in [0.2, 0.25) is 5.91 Å². The van der Waals surface area contributed by atoms with Crippen molar-refractivity contribution in [3.63, 3.8) is 0 Å². The zero-order valence-corrected chi connectivity index (χ0v) is 18.4. The van der Waals surface area contributed by atoms with Gasteiger partial charge in [0, 0.05) is 18.9 Å². The summed E-state index contributed by atoms with van der Waals surface area (Å²) >= 11 is 0. The first-order chi connectivity index (χ1) is 16.0. The van der Waals surface area contributed by atoms with Crippen LogP contribution in [0, 0.1) is 0 Å². The smallest absolute Gasteiger partial charge is 0.407 e. The molecule has 0 heterocycles. The van der Waals surface area contributed by atoms with Crippen molar-refractivity contribution in [2.75, 3.05) is 13.2 Å². The first-order valence-corrected chi connectivity index (χ1v) is 11.3. The fourth-order valence-corrected chi connectivity index (χ4v) is 4.54. The van der Waals surface area contributed by atoms with Crippen LogP contribution in [0.15, 0.2) is 60.2 Å². The van der Waals surface area contributed by atoms with E-state index in [4.69, 9.17) is 9.84 Å². The van der Waals surface area contributed by atoms with Gasteiger partial charge in [-0.2, -0.15) is 0 Å². The van der Waals surface area contributed by atoms with E-state index in [1.807, 2.05) is 36.4 Å². The lowest BCUT2D eigenvalue weighted by Gasteiger charge is -2.19. The van der Waals surface area contributed by atoms with Gasteiger partial charge in [0.1, 0.15) is 12.6 Å². The van der Waals surface area contributed by atoms with Crippen molar-refractivity contribution in [3.05, 3.63) is 71.3 Å². The van der Waals surface area contributed by atoms with Crippen LogP contribution in [0.3, 0.4) is 0 Å². The van der Waals surface area contributed by atoms with E-state index in [-0.39, 0.29) is 25.4 Å². The minimum absolute atomic E-state index is 0.00951. The Balaban J connectivity index is 1.38. The van der Waals surface area contributed by atoms with Crippen molar-refractivity contribution in [3.8, 4) is 11.1 Å². The van der Waals surface area contributed by atoms with E-state index in [0.717, 1.165) is 47.1 Å². The molecule has 172 valence electrons. The fourth-order valence-electron chi connectivity index (χ4n) is 4.54.